The molecular formula is C18H14N2O2S. The minimum Gasteiger partial charge on any atom is -0.423 e. The van der Waals surface area contributed by atoms with Crippen molar-refractivity contribution in [3.63, 3.8) is 0 Å². The summed E-state index contributed by atoms with van der Waals surface area (Å²) >= 11 is 1.58. The van der Waals surface area contributed by atoms with Gasteiger partial charge >= 0.3 is 5.63 Å². The van der Waals surface area contributed by atoms with Gasteiger partial charge in [0.05, 0.1) is 11.0 Å². The van der Waals surface area contributed by atoms with Crippen LogP contribution >= 0.6 is 11.8 Å². The highest BCUT2D eigenvalue weighted by molar-refractivity contribution is 7.98. The van der Waals surface area contributed by atoms with Gasteiger partial charge in [0, 0.05) is 17.2 Å². The van der Waals surface area contributed by atoms with E-state index in [1.165, 1.54) is 0 Å². The van der Waals surface area contributed by atoms with Crippen molar-refractivity contribution >= 4 is 33.8 Å². The van der Waals surface area contributed by atoms with Crippen LogP contribution in [-0.4, -0.2) is 9.97 Å². The summed E-state index contributed by atoms with van der Waals surface area (Å²) in [6, 6.07) is 15.3. The van der Waals surface area contributed by atoms with Crippen LogP contribution in [0.1, 0.15) is 11.1 Å². The van der Waals surface area contributed by atoms with Crippen molar-refractivity contribution < 1.29 is 4.42 Å². The number of H-pyrrole nitrogens is 1. The van der Waals surface area contributed by atoms with Gasteiger partial charge in [-0.25, -0.2) is 9.78 Å². The monoisotopic (exact) mass is 322 g/mol. The van der Waals surface area contributed by atoms with Gasteiger partial charge in [0.2, 0.25) is 0 Å². The standard InChI is InChI=1S/C18H14N2O2S/c1-11-6-7-16-13(8-11)12(9-17(21)22-16)10-23-18-19-14-4-2-3-5-15(14)20-18/h2-9H,10H2,1H3,(H,19,20). The number of hydrogen-bond donors (Lipinski definition) is 1. The molecule has 0 aliphatic rings. The molecule has 2 heterocycles. The molecule has 114 valence electrons. The van der Waals surface area contributed by atoms with Crippen molar-refractivity contribution in [2.24, 2.45) is 0 Å². The Hall–Kier alpha value is -2.53. The summed E-state index contributed by atoms with van der Waals surface area (Å²) in [5, 5.41) is 1.83. The molecule has 0 saturated heterocycles. The summed E-state index contributed by atoms with van der Waals surface area (Å²) < 4.78 is 5.27. The Labute approximate surface area is 136 Å². The zero-order chi connectivity index (χ0) is 15.8. The van der Waals surface area contributed by atoms with Crippen LogP contribution in [0.5, 0.6) is 0 Å². The maximum Gasteiger partial charge on any atom is 0.336 e. The molecule has 4 aromatic rings. The number of nitrogens with one attached hydrogen (secondary N) is 1. The molecule has 23 heavy (non-hydrogen) atoms. The van der Waals surface area contributed by atoms with Gasteiger partial charge in [-0.1, -0.05) is 35.5 Å². The average molecular weight is 322 g/mol. The van der Waals surface area contributed by atoms with Crippen molar-refractivity contribution in [1.82, 2.24) is 9.97 Å². The predicted molar refractivity (Wildman–Crippen MR) is 92.9 cm³/mol. The SMILES string of the molecule is Cc1ccc2oc(=O)cc(CSc3nc4ccccc4[nH]3)c2c1. The smallest absolute Gasteiger partial charge is 0.336 e. The van der Waals surface area contributed by atoms with E-state index < -0.39 is 0 Å². The van der Waals surface area contributed by atoms with Crippen molar-refractivity contribution in [2.75, 3.05) is 0 Å². The van der Waals surface area contributed by atoms with Gasteiger partial charge in [-0.3, -0.25) is 0 Å². The predicted octanol–water partition coefficient (Wildman–Crippen LogP) is 4.27. The molecule has 0 spiro atoms. The van der Waals surface area contributed by atoms with E-state index in [1.807, 2.05) is 49.4 Å². The second kappa shape index (κ2) is 5.59. The van der Waals surface area contributed by atoms with Gasteiger partial charge in [0.1, 0.15) is 5.58 Å². The topological polar surface area (TPSA) is 58.9 Å². The number of fused-ring (bicyclic) bond motifs is 2. The Bertz CT molecular complexity index is 1030. The van der Waals surface area contributed by atoms with Gasteiger partial charge in [-0.15, -0.1) is 0 Å². The third-order valence-electron chi connectivity index (χ3n) is 3.72. The van der Waals surface area contributed by atoms with Gasteiger partial charge in [0.15, 0.2) is 5.16 Å². The number of nitrogens with zero attached hydrogens (tertiary/aromatic N) is 1. The molecule has 5 heteroatoms. The Morgan fingerprint density at radius 1 is 1.17 bits per heavy atom. The highest BCUT2D eigenvalue weighted by Crippen LogP contribution is 2.26. The molecule has 0 amide bonds. The maximum atomic E-state index is 11.7. The zero-order valence-corrected chi connectivity index (χ0v) is 13.3. The normalized spacial score (nSPS) is 11.3. The van der Waals surface area contributed by atoms with Gasteiger partial charge in [0.25, 0.3) is 0 Å². The van der Waals surface area contributed by atoms with Crippen LogP contribution in [0.2, 0.25) is 0 Å². The quantitative estimate of drug-likeness (QED) is 0.452. The van der Waals surface area contributed by atoms with Crippen LogP contribution in [-0.2, 0) is 5.75 Å². The number of imidazole rings is 1. The number of benzene rings is 2. The molecule has 0 radical (unpaired) electrons. The Kier molecular flexibility index (Phi) is 3.42. The third kappa shape index (κ3) is 2.75. The molecule has 0 fully saturated rings. The van der Waals surface area contributed by atoms with Crippen LogP contribution in [0.25, 0.3) is 22.0 Å². The van der Waals surface area contributed by atoms with E-state index in [0.29, 0.717) is 11.3 Å². The second-order valence-corrected chi connectivity index (χ2v) is 6.40. The molecule has 0 atom stereocenters. The molecule has 2 aromatic heterocycles. The van der Waals surface area contributed by atoms with Crippen LogP contribution in [0.15, 0.2) is 62.9 Å². The number of rotatable bonds is 3. The van der Waals surface area contributed by atoms with Gasteiger partial charge in [-0.05, 0) is 36.8 Å². The Morgan fingerprint density at radius 2 is 2.04 bits per heavy atom. The molecular weight excluding hydrogens is 308 g/mol. The molecule has 0 aliphatic carbocycles. The lowest BCUT2D eigenvalue weighted by Gasteiger charge is -2.05. The van der Waals surface area contributed by atoms with E-state index in [-0.39, 0.29) is 5.63 Å². The first-order chi connectivity index (χ1) is 11.2. The number of aryl methyl sites for hydroxylation is 1. The molecule has 0 aliphatic heterocycles. The second-order valence-electron chi connectivity index (χ2n) is 5.44. The van der Waals surface area contributed by atoms with Crippen molar-refractivity contribution in [1.29, 1.82) is 0 Å². The average Bonchev–Trinajstić information content (AvgIpc) is 2.96. The largest absolute Gasteiger partial charge is 0.423 e. The van der Waals surface area contributed by atoms with E-state index >= 15 is 0 Å². The fourth-order valence-electron chi connectivity index (χ4n) is 2.60. The van der Waals surface area contributed by atoms with Crippen molar-refractivity contribution in [3.05, 3.63) is 70.1 Å². The van der Waals surface area contributed by atoms with E-state index in [9.17, 15) is 4.79 Å². The zero-order valence-electron chi connectivity index (χ0n) is 12.5. The highest BCUT2D eigenvalue weighted by Gasteiger charge is 2.08. The van der Waals surface area contributed by atoms with Crippen molar-refractivity contribution in [3.8, 4) is 0 Å². The van der Waals surface area contributed by atoms with Crippen LogP contribution in [0, 0.1) is 6.92 Å². The highest BCUT2D eigenvalue weighted by atomic mass is 32.2. The fraction of sp³-hybridized carbons (Fsp3) is 0.111. The number of hydrogen-bond acceptors (Lipinski definition) is 4. The van der Waals surface area contributed by atoms with Gasteiger partial charge < -0.3 is 9.40 Å². The first-order valence-electron chi connectivity index (χ1n) is 7.30. The number of thioether (sulfide) groups is 1. The summed E-state index contributed by atoms with van der Waals surface area (Å²) in [4.78, 5) is 19.6. The van der Waals surface area contributed by atoms with Crippen LogP contribution < -0.4 is 5.63 Å². The maximum absolute atomic E-state index is 11.7. The molecule has 0 bridgehead atoms. The fourth-order valence-corrected chi connectivity index (χ4v) is 3.48. The number of aromatic nitrogens is 2. The molecule has 0 saturated carbocycles. The Balaban J connectivity index is 1.69. The molecule has 1 N–H and O–H groups in total. The lowest BCUT2D eigenvalue weighted by molar-refractivity contribution is 0.559. The van der Waals surface area contributed by atoms with E-state index in [0.717, 1.165) is 32.7 Å². The summed E-state index contributed by atoms with van der Waals surface area (Å²) in [6.45, 7) is 2.03. The first kappa shape index (κ1) is 14.1. The summed E-state index contributed by atoms with van der Waals surface area (Å²) in [5.74, 6) is 0.658. The van der Waals surface area contributed by atoms with Crippen molar-refractivity contribution in [2.45, 2.75) is 17.8 Å². The third-order valence-corrected chi connectivity index (χ3v) is 4.64. The Morgan fingerprint density at radius 3 is 2.91 bits per heavy atom. The lowest BCUT2D eigenvalue weighted by Crippen LogP contribution is -2.00. The van der Waals surface area contributed by atoms with Gasteiger partial charge in [-0.2, -0.15) is 0 Å². The minimum atomic E-state index is -0.318. The van der Waals surface area contributed by atoms with E-state index in [1.54, 1.807) is 17.8 Å². The molecule has 0 unspecified atom stereocenters. The lowest BCUT2D eigenvalue weighted by atomic mass is 10.1. The van der Waals surface area contributed by atoms with E-state index in [2.05, 4.69) is 9.97 Å². The summed E-state index contributed by atoms with van der Waals surface area (Å²) in [5.41, 5.74) is 4.38. The summed E-state index contributed by atoms with van der Waals surface area (Å²) in [7, 11) is 0. The molecule has 2 aromatic carbocycles. The molecule has 4 rings (SSSR count). The first-order valence-corrected chi connectivity index (χ1v) is 8.28. The van der Waals surface area contributed by atoms with Crippen LogP contribution in [0.4, 0.5) is 0 Å². The number of para-hydroxylation sites is 2. The summed E-state index contributed by atoms with van der Waals surface area (Å²) in [6.07, 6.45) is 0. The minimum absolute atomic E-state index is 0.318. The van der Waals surface area contributed by atoms with E-state index in [4.69, 9.17) is 4.42 Å². The number of aromatic amines is 1. The molecule has 4 nitrogen and oxygen atoms in total. The van der Waals surface area contributed by atoms with Crippen LogP contribution in [0.3, 0.4) is 0 Å².